The minimum atomic E-state index is -1.22. The Balaban J connectivity index is 1.47. The van der Waals surface area contributed by atoms with Crippen molar-refractivity contribution in [3.63, 3.8) is 0 Å². The largest absolute Gasteiger partial charge is 0.459 e. The van der Waals surface area contributed by atoms with Crippen LogP contribution in [0.4, 0.5) is 0 Å². The van der Waals surface area contributed by atoms with E-state index in [0.29, 0.717) is 16.7 Å². The summed E-state index contributed by atoms with van der Waals surface area (Å²) in [5.41, 5.74) is 0.982. The van der Waals surface area contributed by atoms with E-state index in [4.69, 9.17) is 30.5 Å². The highest BCUT2D eigenvalue weighted by Crippen LogP contribution is 2.31. The van der Waals surface area contributed by atoms with Crippen molar-refractivity contribution < 1.29 is 33.3 Å². The van der Waals surface area contributed by atoms with Gasteiger partial charge >= 0.3 is 17.9 Å². The second-order valence-electron chi connectivity index (χ2n) is 7.46. The number of carbonyl (C=O) groups is 3. The zero-order valence-corrected chi connectivity index (χ0v) is 18.7. The highest BCUT2D eigenvalue weighted by molar-refractivity contribution is 6.21. The lowest BCUT2D eigenvalue weighted by atomic mass is 10.1. The molecule has 4 rings (SSSR count). The van der Waals surface area contributed by atoms with Crippen LogP contribution < -0.4 is 0 Å². The second kappa shape index (κ2) is 11.0. The maximum absolute atomic E-state index is 12.6. The first kappa shape index (κ1) is 23.5. The van der Waals surface area contributed by atoms with Crippen molar-refractivity contribution in [1.82, 2.24) is 0 Å². The first-order valence-corrected chi connectivity index (χ1v) is 11.0. The fraction of sp³-hybridized carbons (Fsp3) is 0.192. The summed E-state index contributed by atoms with van der Waals surface area (Å²) in [7, 11) is 0. The second-order valence-corrected chi connectivity index (χ2v) is 7.96. The standard InChI is InChI=1S/C26H21ClO7/c27-21-22(33-24(29)18-12-6-2-7-13-18)20(16-31-23(28)17-10-4-1-5-11-17)32-26(21)34-25(30)19-14-8-3-9-15-19/h1-15,20-22,26H,16H2/t20-,21-,22-,26+/m1/s1. The molecule has 1 heterocycles. The minimum absolute atomic E-state index is 0.261. The quantitative estimate of drug-likeness (QED) is 0.283. The highest BCUT2D eigenvalue weighted by atomic mass is 35.5. The lowest BCUT2D eigenvalue weighted by molar-refractivity contribution is -0.117. The van der Waals surface area contributed by atoms with E-state index < -0.39 is 41.8 Å². The minimum Gasteiger partial charge on any atom is -0.459 e. The third-order valence-corrected chi connectivity index (χ3v) is 5.58. The molecule has 0 radical (unpaired) electrons. The Morgan fingerprint density at radius 2 is 1.12 bits per heavy atom. The molecule has 1 fully saturated rings. The van der Waals surface area contributed by atoms with Crippen molar-refractivity contribution in [1.29, 1.82) is 0 Å². The normalized spacial score (nSPS) is 21.4. The molecule has 0 spiro atoms. The number of hydrogen-bond donors (Lipinski definition) is 0. The smallest absolute Gasteiger partial charge is 0.340 e. The average Bonchev–Trinajstić information content (AvgIpc) is 3.17. The van der Waals surface area contributed by atoms with Gasteiger partial charge in [-0.2, -0.15) is 0 Å². The van der Waals surface area contributed by atoms with Crippen LogP contribution in [-0.2, 0) is 18.9 Å². The van der Waals surface area contributed by atoms with E-state index in [0.717, 1.165) is 0 Å². The van der Waals surface area contributed by atoms with Crippen LogP contribution >= 0.6 is 11.6 Å². The Bertz CT molecular complexity index is 1120. The molecule has 3 aromatic carbocycles. The van der Waals surface area contributed by atoms with Crippen LogP contribution in [0.15, 0.2) is 91.0 Å². The van der Waals surface area contributed by atoms with Gasteiger partial charge in [0.05, 0.1) is 16.7 Å². The van der Waals surface area contributed by atoms with Crippen molar-refractivity contribution in [3.8, 4) is 0 Å². The van der Waals surface area contributed by atoms with Gasteiger partial charge in [-0.1, -0.05) is 54.6 Å². The summed E-state index contributed by atoms with van der Waals surface area (Å²) in [5, 5.41) is -1.03. The molecular formula is C26H21ClO7. The third kappa shape index (κ3) is 5.62. The lowest BCUT2D eigenvalue weighted by Gasteiger charge is -2.20. The molecule has 0 aromatic heterocycles. The van der Waals surface area contributed by atoms with Gasteiger partial charge in [-0.15, -0.1) is 11.6 Å². The van der Waals surface area contributed by atoms with Gasteiger partial charge in [0.25, 0.3) is 0 Å². The molecule has 7 nitrogen and oxygen atoms in total. The van der Waals surface area contributed by atoms with Gasteiger partial charge in [0.15, 0.2) is 6.10 Å². The maximum atomic E-state index is 12.6. The Labute approximate surface area is 201 Å². The van der Waals surface area contributed by atoms with Gasteiger partial charge in [-0.25, -0.2) is 14.4 Å². The van der Waals surface area contributed by atoms with E-state index in [1.165, 1.54) is 0 Å². The third-order valence-electron chi connectivity index (χ3n) is 5.12. The Hall–Kier alpha value is -3.68. The molecule has 8 heteroatoms. The van der Waals surface area contributed by atoms with E-state index in [1.54, 1.807) is 91.0 Å². The molecule has 1 aliphatic heterocycles. The molecule has 34 heavy (non-hydrogen) atoms. The number of benzene rings is 3. The van der Waals surface area contributed by atoms with Crippen molar-refractivity contribution >= 4 is 29.5 Å². The molecular weight excluding hydrogens is 460 g/mol. The Morgan fingerprint density at radius 1 is 0.676 bits per heavy atom. The fourth-order valence-electron chi connectivity index (χ4n) is 3.38. The number of alkyl halides is 1. The summed E-state index contributed by atoms with van der Waals surface area (Å²) in [6.45, 7) is -0.261. The fourth-order valence-corrected chi connectivity index (χ4v) is 3.71. The van der Waals surface area contributed by atoms with Crippen LogP contribution in [0.1, 0.15) is 31.1 Å². The van der Waals surface area contributed by atoms with E-state index in [-0.39, 0.29) is 6.61 Å². The van der Waals surface area contributed by atoms with Gasteiger partial charge in [0, 0.05) is 0 Å². The SMILES string of the molecule is O=C(OC[C@H]1O[C@@H](OC(=O)c2ccccc2)[C@H](Cl)[C@@H]1OC(=O)c1ccccc1)c1ccccc1. The van der Waals surface area contributed by atoms with Crippen molar-refractivity contribution in [2.24, 2.45) is 0 Å². The predicted octanol–water partition coefficient (Wildman–Crippen LogP) is 4.26. The number of hydrogen-bond acceptors (Lipinski definition) is 7. The molecule has 1 aliphatic rings. The lowest BCUT2D eigenvalue weighted by Crippen LogP contribution is -2.37. The molecule has 0 unspecified atom stereocenters. The number of ether oxygens (including phenoxy) is 4. The summed E-state index contributed by atoms with van der Waals surface area (Å²) < 4.78 is 22.2. The summed E-state index contributed by atoms with van der Waals surface area (Å²) >= 11 is 6.51. The maximum Gasteiger partial charge on any atom is 0.340 e. The average molecular weight is 481 g/mol. The van der Waals surface area contributed by atoms with Crippen LogP contribution in [0.5, 0.6) is 0 Å². The molecule has 0 amide bonds. The zero-order valence-electron chi connectivity index (χ0n) is 17.9. The predicted molar refractivity (Wildman–Crippen MR) is 123 cm³/mol. The molecule has 4 atom stereocenters. The number of halogens is 1. The summed E-state index contributed by atoms with van der Waals surface area (Å²) in [5.74, 6) is -1.85. The van der Waals surface area contributed by atoms with Crippen LogP contribution in [0.3, 0.4) is 0 Å². The Kier molecular flexibility index (Phi) is 7.57. The zero-order chi connectivity index (χ0) is 23.9. The van der Waals surface area contributed by atoms with Crippen LogP contribution in [0, 0.1) is 0 Å². The van der Waals surface area contributed by atoms with E-state index in [9.17, 15) is 14.4 Å². The van der Waals surface area contributed by atoms with Crippen LogP contribution in [-0.4, -0.2) is 48.4 Å². The van der Waals surface area contributed by atoms with Crippen molar-refractivity contribution in [2.45, 2.75) is 23.9 Å². The van der Waals surface area contributed by atoms with Gasteiger partial charge in [0.1, 0.15) is 18.1 Å². The molecule has 0 aliphatic carbocycles. The van der Waals surface area contributed by atoms with Gasteiger partial charge in [-0.05, 0) is 36.4 Å². The highest BCUT2D eigenvalue weighted by Gasteiger charge is 2.49. The number of esters is 3. The molecule has 0 N–H and O–H groups in total. The number of carbonyl (C=O) groups excluding carboxylic acids is 3. The van der Waals surface area contributed by atoms with Crippen molar-refractivity contribution in [2.75, 3.05) is 6.61 Å². The Morgan fingerprint density at radius 3 is 1.62 bits per heavy atom. The van der Waals surface area contributed by atoms with Gasteiger partial charge in [0.2, 0.25) is 6.29 Å². The topological polar surface area (TPSA) is 88.1 Å². The monoisotopic (exact) mass is 480 g/mol. The molecule has 0 bridgehead atoms. The first-order chi connectivity index (χ1) is 16.5. The molecule has 174 valence electrons. The molecule has 3 aromatic rings. The first-order valence-electron chi connectivity index (χ1n) is 10.6. The summed E-state index contributed by atoms with van der Waals surface area (Å²) in [6, 6.07) is 25.1. The van der Waals surface area contributed by atoms with Gasteiger partial charge < -0.3 is 18.9 Å². The number of rotatable bonds is 7. The van der Waals surface area contributed by atoms with E-state index in [2.05, 4.69) is 0 Å². The van der Waals surface area contributed by atoms with E-state index in [1.807, 2.05) is 0 Å². The summed E-state index contributed by atoms with van der Waals surface area (Å²) in [4.78, 5) is 37.5. The molecule has 0 saturated carbocycles. The molecule has 1 saturated heterocycles. The van der Waals surface area contributed by atoms with E-state index >= 15 is 0 Å². The van der Waals surface area contributed by atoms with Crippen molar-refractivity contribution in [3.05, 3.63) is 108 Å². The van der Waals surface area contributed by atoms with Crippen LogP contribution in [0.2, 0.25) is 0 Å². The van der Waals surface area contributed by atoms with Crippen LogP contribution in [0.25, 0.3) is 0 Å². The van der Waals surface area contributed by atoms with Gasteiger partial charge in [-0.3, -0.25) is 0 Å². The summed E-state index contributed by atoms with van der Waals surface area (Å²) in [6.07, 6.45) is -3.20.